The molecular formula is C18H27NO4. The van der Waals surface area contributed by atoms with E-state index in [2.05, 4.69) is 19.2 Å². The lowest BCUT2D eigenvalue weighted by Gasteiger charge is -2.16. The van der Waals surface area contributed by atoms with Crippen molar-refractivity contribution in [1.82, 2.24) is 5.32 Å². The van der Waals surface area contributed by atoms with Gasteiger partial charge in [0, 0.05) is 5.56 Å². The van der Waals surface area contributed by atoms with Crippen molar-refractivity contribution >= 4 is 11.9 Å². The summed E-state index contributed by atoms with van der Waals surface area (Å²) < 4.78 is 5.60. The van der Waals surface area contributed by atoms with Crippen LogP contribution in [0.5, 0.6) is 5.75 Å². The Morgan fingerprint density at radius 2 is 1.70 bits per heavy atom. The van der Waals surface area contributed by atoms with Crippen LogP contribution in [0.1, 0.15) is 50.9 Å². The number of carboxylic acid groups (broad SMARTS) is 1. The summed E-state index contributed by atoms with van der Waals surface area (Å²) in [7, 11) is 0. The molecule has 1 unspecified atom stereocenters. The van der Waals surface area contributed by atoms with Crippen molar-refractivity contribution in [2.24, 2.45) is 11.8 Å². The first kappa shape index (κ1) is 19.0. The molecule has 0 aliphatic carbocycles. The topological polar surface area (TPSA) is 75.6 Å². The molecule has 0 saturated carbocycles. The van der Waals surface area contributed by atoms with Crippen LogP contribution in [0.3, 0.4) is 0 Å². The minimum atomic E-state index is -1.01. The standard InChI is InChI=1S/C18H27NO4/c1-12(2)9-10-23-15-7-5-14(6-8-15)17(20)19-16(18(21)22)11-13(3)4/h5-8,12-13,16H,9-11H2,1-4H3,(H,19,20)(H,21,22). The molecule has 1 amide bonds. The van der Waals surface area contributed by atoms with E-state index in [4.69, 9.17) is 9.84 Å². The average Bonchev–Trinajstić information content (AvgIpc) is 2.46. The fourth-order valence-electron chi connectivity index (χ4n) is 2.05. The molecule has 5 heteroatoms. The molecule has 1 aromatic carbocycles. The van der Waals surface area contributed by atoms with Crippen molar-refractivity contribution in [3.63, 3.8) is 0 Å². The maximum absolute atomic E-state index is 12.1. The van der Waals surface area contributed by atoms with Crippen LogP contribution < -0.4 is 10.1 Å². The molecule has 0 aliphatic heterocycles. The Kier molecular flexibility index (Phi) is 7.59. The lowest BCUT2D eigenvalue weighted by Crippen LogP contribution is -2.41. The number of hydrogen-bond donors (Lipinski definition) is 2. The van der Waals surface area contributed by atoms with Gasteiger partial charge in [0.15, 0.2) is 0 Å². The van der Waals surface area contributed by atoms with Gasteiger partial charge in [0.2, 0.25) is 0 Å². The van der Waals surface area contributed by atoms with Crippen molar-refractivity contribution in [1.29, 1.82) is 0 Å². The van der Waals surface area contributed by atoms with Crippen LogP contribution in [0, 0.1) is 11.8 Å². The van der Waals surface area contributed by atoms with Gasteiger partial charge in [-0.25, -0.2) is 4.79 Å². The summed E-state index contributed by atoms with van der Waals surface area (Å²) in [4.78, 5) is 23.3. The normalized spacial score (nSPS) is 12.3. The van der Waals surface area contributed by atoms with E-state index in [0.717, 1.165) is 6.42 Å². The lowest BCUT2D eigenvalue weighted by molar-refractivity contribution is -0.139. The Morgan fingerprint density at radius 1 is 1.09 bits per heavy atom. The number of amides is 1. The van der Waals surface area contributed by atoms with E-state index >= 15 is 0 Å². The summed E-state index contributed by atoms with van der Waals surface area (Å²) >= 11 is 0. The number of carboxylic acids is 1. The van der Waals surface area contributed by atoms with Crippen molar-refractivity contribution in [3.05, 3.63) is 29.8 Å². The van der Waals surface area contributed by atoms with E-state index in [-0.39, 0.29) is 11.8 Å². The summed E-state index contributed by atoms with van der Waals surface area (Å²) in [5, 5.41) is 11.7. The Morgan fingerprint density at radius 3 is 2.17 bits per heavy atom. The van der Waals surface area contributed by atoms with Gasteiger partial charge in [0.25, 0.3) is 5.91 Å². The largest absolute Gasteiger partial charge is 0.494 e. The predicted octanol–water partition coefficient (Wildman–Crippen LogP) is 3.34. The van der Waals surface area contributed by atoms with E-state index in [9.17, 15) is 9.59 Å². The van der Waals surface area contributed by atoms with Crippen LogP contribution in [0.2, 0.25) is 0 Å². The first-order chi connectivity index (χ1) is 10.8. The highest BCUT2D eigenvalue weighted by atomic mass is 16.5. The van der Waals surface area contributed by atoms with Gasteiger partial charge in [-0.15, -0.1) is 0 Å². The number of rotatable bonds is 9. The maximum atomic E-state index is 12.1. The third-order valence-corrected chi connectivity index (χ3v) is 3.39. The van der Waals surface area contributed by atoms with Gasteiger partial charge in [-0.1, -0.05) is 27.7 Å². The molecule has 0 spiro atoms. The highest BCUT2D eigenvalue weighted by molar-refractivity contribution is 5.96. The van der Waals surface area contributed by atoms with E-state index in [1.54, 1.807) is 24.3 Å². The van der Waals surface area contributed by atoms with Crippen molar-refractivity contribution in [3.8, 4) is 5.75 Å². The van der Waals surface area contributed by atoms with Crippen LogP contribution in [0.4, 0.5) is 0 Å². The molecule has 1 atom stereocenters. The molecule has 0 aromatic heterocycles. The molecular weight excluding hydrogens is 294 g/mol. The fraction of sp³-hybridized carbons (Fsp3) is 0.556. The highest BCUT2D eigenvalue weighted by Gasteiger charge is 2.21. The van der Waals surface area contributed by atoms with Crippen molar-refractivity contribution in [2.75, 3.05) is 6.61 Å². The minimum Gasteiger partial charge on any atom is -0.494 e. The van der Waals surface area contributed by atoms with Gasteiger partial charge >= 0.3 is 5.97 Å². The van der Waals surface area contributed by atoms with Crippen LogP contribution in [-0.2, 0) is 4.79 Å². The molecule has 0 aliphatic rings. The number of nitrogens with one attached hydrogen (secondary N) is 1. The molecule has 2 N–H and O–H groups in total. The van der Waals surface area contributed by atoms with Gasteiger partial charge in [-0.2, -0.15) is 0 Å². The van der Waals surface area contributed by atoms with Crippen molar-refractivity contribution in [2.45, 2.75) is 46.6 Å². The molecule has 0 radical (unpaired) electrons. The second kappa shape index (κ2) is 9.18. The molecule has 5 nitrogen and oxygen atoms in total. The first-order valence-electron chi connectivity index (χ1n) is 8.06. The molecule has 1 rings (SSSR count). The van der Waals surface area contributed by atoms with Gasteiger partial charge in [-0.3, -0.25) is 4.79 Å². The molecule has 0 bridgehead atoms. The van der Waals surface area contributed by atoms with Crippen LogP contribution >= 0.6 is 0 Å². The molecule has 0 fully saturated rings. The Hall–Kier alpha value is -2.04. The molecule has 128 valence electrons. The zero-order chi connectivity index (χ0) is 17.4. The summed E-state index contributed by atoms with van der Waals surface area (Å²) in [5.41, 5.74) is 0.427. The van der Waals surface area contributed by atoms with E-state index < -0.39 is 12.0 Å². The quantitative estimate of drug-likeness (QED) is 0.731. The Balaban J connectivity index is 2.60. The minimum absolute atomic E-state index is 0.188. The monoisotopic (exact) mass is 321 g/mol. The Labute approximate surface area is 138 Å². The van der Waals surface area contributed by atoms with Crippen LogP contribution in [0.25, 0.3) is 0 Å². The lowest BCUT2D eigenvalue weighted by atomic mass is 10.0. The van der Waals surface area contributed by atoms with E-state index in [0.29, 0.717) is 30.3 Å². The number of ether oxygens (including phenoxy) is 1. The van der Waals surface area contributed by atoms with Crippen molar-refractivity contribution < 1.29 is 19.4 Å². The third-order valence-electron chi connectivity index (χ3n) is 3.39. The first-order valence-corrected chi connectivity index (χ1v) is 8.06. The predicted molar refractivity (Wildman–Crippen MR) is 89.7 cm³/mol. The second-order valence-corrected chi connectivity index (χ2v) is 6.55. The Bertz CT molecular complexity index is 508. The summed E-state index contributed by atoms with van der Waals surface area (Å²) in [5.74, 6) is 0.0775. The van der Waals surface area contributed by atoms with Gasteiger partial charge in [0.1, 0.15) is 11.8 Å². The van der Waals surface area contributed by atoms with Gasteiger partial charge in [-0.05, 0) is 48.9 Å². The third kappa shape index (κ3) is 7.17. The van der Waals surface area contributed by atoms with Gasteiger partial charge < -0.3 is 15.2 Å². The zero-order valence-electron chi connectivity index (χ0n) is 14.3. The number of benzene rings is 1. The smallest absolute Gasteiger partial charge is 0.326 e. The molecule has 0 heterocycles. The number of carbonyl (C=O) groups excluding carboxylic acids is 1. The van der Waals surface area contributed by atoms with Crippen LogP contribution in [-0.4, -0.2) is 29.6 Å². The maximum Gasteiger partial charge on any atom is 0.326 e. The summed E-state index contributed by atoms with van der Waals surface area (Å²) in [6, 6.07) is 5.88. The van der Waals surface area contributed by atoms with Crippen LogP contribution in [0.15, 0.2) is 24.3 Å². The number of carbonyl (C=O) groups is 2. The second-order valence-electron chi connectivity index (χ2n) is 6.55. The number of aliphatic carboxylic acids is 1. The average molecular weight is 321 g/mol. The van der Waals surface area contributed by atoms with Gasteiger partial charge in [0.05, 0.1) is 6.61 Å². The van der Waals surface area contributed by atoms with E-state index in [1.807, 2.05) is 13.8 Å². The summed E-state index contributed by atoms with van der Waals surface area (Å²) in [6.07, 6.45) is 1.37. The molecule has 0 saturated heterocycles. The zero-order valence-corrected chi connectivity index (χ0v) is 14.3. The SMILES string of the molecule is CC(C)CCOc1ccc(C(=O)NC(CC(C)C)C(=O)O)cc1. The number of hydrogen-bond acceptors (Lipinski definition) is 3. The fourth-order valence-corrected chi connectivity index (χ4v) is 2.05. The highest BCUT2D eigenvalue weighted by Crippen LogP contribution is 2.14. The molecule has 23 heavy (non-hydrogen) atoms. The summed E-state index contributed by atoms with van der Waals surface area (Å²) in [6.45, 7) is 8.75. The molecule has 1 aromatic rings. The van der Waals surface area contributed by atoms with E-state index in [1.165, 1.54) is 0 Å².